The number of Topliss-reactive ketones (excluding diaryl/α,β-unsaturated/α-hetero) is 1. The monoisotopic (exact) mass is 508 g/mol. The molecule has 1 N–H and O–H groups in total. The lowest BCUT2D eigenvalue weighted by Crippen LogP contribution is -2.15. The van der Waals surface area contributed by atoms with Gasteiger partial charge in [0, 0.05) is 12.7 Å². The second kappa shape index (κ2) is 8.24. The zero-order chi connectivity index (χ0) is 16.0. The van der Waals surface area contributed by atoms with E-state index in [0.29, 0.717) is 0 Å². The number of aliphatic hydroxyl groups is 1. The maximum absolute atomic E-state index is 10.8. The largest absolute Gasteiger partial charge is 0.386 e. The third kappa shape index (κ3) is 6.88. The molecular formula is C17H18I2O2. The predicted octanol–water partition coefficient (Wildman–Crippen LogP) is 5.01. The van der Waals surface area contributed by atoms with E-state index in [-0.39, 0.29) is 5.78 Å². The van der Waals surface area contributed by atoms with E-state index in [1.807, 2.05) is 48.5 Å². The van der Waals surface area contributed by atoms with E-state index in [1.165, 1.54) is 0 Å². The van der Waals surface area contributed by atoms with Crippen LogP contribution in [0.1, 0.15) is 36.7 Å². The second-order valence-corrected chi connectivity index (χ2v) is 7.63. The molecule has 0 radical (unpaired) electrons. The Bertz CT molecular complexity index is 616. The molecule has 0 atom stereocenters. The molecule has 4 heteroatoms. The van der Waals surface area contributed by atoms with Crippen LogP contribution in [0, 0.1) is 7.14 Å². The lowest BCUT2D eigenvalue weighted by Gasteiger charge is -2.17. The van der Waals surface area contributed by atoms with Gasteiger partial charge >= 0.3 is 0 Å². The molecule has 0 aromatic heterocycles. The Hall–Kier alpha value is -0.470. The highest BCUT2D eigenvalue weighted by Gasteiger charge is 2.14. The number of benzene rings is 2. The first kappa shape index (κ1) is 18.6. The van der Waals surface area contributed by atoms with Gasteiger partial charge in [0.2, 0.25) is 0 Å². The molecule has 0 aliphatic rings. The molecule has 2 nitrogen and oxygen atoms in total. The molecule has 0 spiro atoms. The third-order valence-corrected chi connectivity index (χ3v) is 4.10. The smallest absolute Gasteiger partial charge is 0.159 e. The van der Waals surface area contributed by atoms with E-state index in [9.17, 15) is 9.90 Å². The van der Waals surface area contributed by atoms with Crippen LogP contribution in [0.25, 0.3) is 0 Å². The summed E-state index contributed by atoms with van der Waals surface area (Å²) in [6.45, 7) is 5.15. The van der Waals surface area contributed by atoms with Gasteiger partial charge in [-0.1, -0.05) is 24.3 Å². The molecule has 0 aliphatic carbocycles. The van der Waals surface area contributed by atoms with Gasteiger partial charge in [0.25, 0.3) is 0 Å². The SMILES string of the molecule is CC(=O)c1cccc(I)c1.CC(C)(O)c1cccc(I)c1. The number of ketones is 1. The second-order valence-electron chi connectivity index (χ2n) is 5.14. The van der Waals surface area contributed by atoms with Crippen LogP contribution in [0.2, 0.25) is 0 Å². The van der Waals surface area contributed by atoms with Crippen LogP contribution in [-0.2, 0) is 5.60 Å². The predicted molar refractivity (Wildman–Crippen MR) is 104 cm³/mol. The molecule has 0 bridgehead atoms. The van der Waals surface area contributed by atoms with Crippen LogP contribution in [0.4, 0.5) is 0 Å². The number of carbonyl (C=O) groups excluding carboxylic acids is 1. The molecule has 2 rings (SSSR count). The maximum atomic E-state index is 10.8. The molecule has 2 aromatic rings. The molecule has 0 fully saturated rings. The highest BCUT2D eigenvalue weighted by molar-refractivity contribution is 14.1. The summed E-state index contributed by atoms with van der Waals surface area (Å²) in [5.74, 6) is 0.124. The van der Waals surface area contributed by atoms with Crippen LogP contribution >= 0.6 is 45.2 Å². The van der Waals surface area contributed by atoms with Gasteiger partial charge in [0.1, 0.15) is 0 Å². The lowest BCUT2D eigenvalue weighted by molar-refractivity contribution is 0.0785. The molecule has 0 aliphatic heterocycles. The quantitative estimate of drug-likeness (QED) is 0.458. The van der Waals surface area contributed by atoms with Gasteiger partial charge in [-0.3, -0.25) is 4.79 Å². The van der Waals surface area contributed by atoms with E-state index in [0.717, 1.165) is 18.3 Å². The molecule has 112 valence electrons. The normalized spacial score (nSPS) is 10.6. The van der Waals surface area contributed by atoms with E-state index in [1.54, 1.807) is 20.8 Å². The first-order valence-electron chi connectivity index (χ1n) is 6.45. The van der Waals surface area contributed by atoms with Crippen LogP contribution in [-0.4, -0.2) is 10.9 Å². The fourth-order valence-electron chi connectivity index (χ4n) is 1.58. The van der Waals surface area contributed by atoms with E-state index >= 15 is 0 Å². The summed E-state index contributed by atoms with van der Waals surface area (Å²) in [6, 6.07) is 15.4. The molecule has 2 aromatic carbocycles. The number of carbonyl (C=O) groups is 1. The van der Waals surface area contributed by atoms with E-state index in [4.69, 9.17) is 0 Å². The molecular weight excluding hydrogens is 490 g/mol. The average Bonchev–Trinajstić information content (AvgIpc) is 2.38. The minimum Gasteiger partial charge on any atom is -0.386 e. The van der Waals surface area contributed by atoms with Gasteiger partial charge in [0.05, 0.1) is 5.60 Å². The Balaban J connectivity index is 0.000000211. The van der Waals surface area contributed by atoms with E-state index in [2.05, 4.69) is 45.2 Å². The molecule has 0 amide bonds. The summed E-state index contributed by atoms with van der Waals surface area (Å²) in [6.07, 6.45) is 0. The zero-order valence-electron chi connectivity index (χ0n) is 12.2. The Morgan fingerprint density at radius 3 is 1.86 bits per heavy atom. The molecule has 0 saturated heterocycles. The van der Waals surface area contributed by atoms with Crippen molar-refractivity contribution in [2.75, 3.05) is 0 Å². The van der Waals surface area contributed by atoms with Crippen LogP contribution < -0.4 is 0 Å². The van der Waals surface area contributed by atoms with Crippen LogP contribution in [0.3, 0.4) is 0 Å². The third-order valence-electron chi connectivity index (χ3n) is 2.76. The average molecular weight is 508 g/mol. The van der Waals surface area contributed by atoms with Crippen LogP contribution in [0.5, 0.6) is 0 Å². The van der Waals surface area contributed by atoms with E-state index < -0.39 is 5.60 Å². The number of rotatable bonds is 2. The fraction of sp³-hybridized carbons (Fsp3) is 0.235. The van der Waals surface area contributed by atoms with Crippen molar-refractivity contribution in [1.29, 1.82) is 0 Å². The van der Waals surface area contributed by atoms with Crippen molar-refractivity contribution in [3.63, 3.8) is 0 Å². The fourth-order valence-corrected chi connectivity index (χ4v) is 2.66. The highest BCUT2D eigenvalue weighted by atomic mass is 127. The highest BCUT2D eigenvalue weighted by Crippen LogP contribution is 2.20. The molecule has 0 heterocycles. The van der Waals surface area contributed by atoms with Crippen molar-refractivity contribution in [2.45, 2.75) is 26.4 Å². The van der Waals surface area contributed by atoms with Crippen LogP contribution in [0.15, 0.2) is 48.5 Å². The summed E-state index contributed by atoms with van der Waals surface area (Å²) >= 11 is 4.42. The van der Waals surface area contributed by atoms with Crippen molar-refractivity contribution in [3.05, 3.63) is 66.8 Å². The minimum absolute atomic E-state index is 0.124. The molecule has 21 heavy (non-hydrogen) atoms. The van der Waals surface area contributed by atoms with Crippen molar-refractivity contribution in [2.24, 2.45) is 0 Å². The van der Waals surface area contributed by atoms with Crippen molar-refractivity contribution >= 4 is 51.0 Å². The summed E-state index contributed by atoms with van der Waals surface area (Å²) in [4.78, 5) is 10.8. The van der Waals surface area contributed by atoms with Gasteiger partial charge in [-0.05, 0) is 95.8 Å². The van der Waals surface area contributed by atoms with Crippen molar-refractivity contribution < 1.29 is 9.90 Å². The standard InChI is InChI=1S/C9H11IO.C8H7IO/c1-9(2,11)7-4-3-5-8(10)6-7;1-6(10)7-3-2-4-8(9)5-7/h3-6,11H,1-2H3;2-5H,1H3. The van der Waals surface area contributed by atoms with Gasteiger partial charge in [-0.15, -0.1) is 0 Å². The van der Waals surface area contributed by atoms with Gasteiger partial charge in [-0.2, -0.15) is 0 Å². The number of hydrogen-bond donors (Lipinski definition) is 1. The Morgan fingerprint density at radius 1 is 1.00 bits per heavy atom. The first-order valence-corrected chi connectivity index (χ1v) is 8.61. The lowest BCUT2D eigenvalue weighted by atomic mass is 9.99. The van der Waals surface area contributed by atoms with Crippen molar-refractivity contribution in [1.82, 2.24) is 0 Å². The summed E-state index contributed by atoms with van der Waals surface area (Å²) < 4.78 is 2.26. The zero-order valence-corrected chi connectivity index (χ0v) is 16.5. The number of hydrogen-bond acceptors (Lipinski definition) is 2. The summed E-state index contributed by atoms with van der Waals surface area (Å²) in [5.41, 5.74) is 1.03. The van der Waals surface area contributed by atoms with Gasteiger partial charge in [0.15, 0.2) is 5.78 Å². The van der Waals surface area contributed by atoms with Gasteiger partial charge in [-0.25, -0.2) is 0 Å². The Kier molecular flexibility index (Phi) is 7.29. The topological polar surface area (TPSA) is 37.3 Å². The van der Waals surface area contributed by atoms with Gasteiger partial charge < -0.3 is 5.11 Å². The van der Waals surface area contributed by atoms with Crippen molar-refractivity contribution in [3.8, 4) is 0 Å². The summed E-state index contributed by atoms with van der Waals surface area (Å²) in [5, 5.41) is 9.61. The molecule has 0 unspecified atom stereocenters. The maximum Gasteiger partial charge on any atom is 0.159 e. The Morgan fingerprint density at radius 2 is 1.52 bits per heavy atom. The Labute approximate surface area is 153 Å². The number of halogens is 2. The summed E-state index contributed by atoms with van der Waals surface area (Å²) in [7, 11) is 0. The first-order chi connectivity index (χ1) is 9.70. The molecule has 0 saturated carbocycles. The minimum atomic E-state index is -0.721.